The van der Waals surface area contributed by atoms with Gasteiger partial charge in [-0.1, -0.05) is 42.5 Å². The van der Waals surface area contributed by atoms with Crippen molar-refractivity contribution >= 4 is 26.7 Å². The SMILES string of the molecule is CS(=O)(=O)Nc1ccc(-c2coc3cc(OCc4ccccc4)ccc3c2=O)cc1. The van der Waals surface area contributed by atoms with Crippen LogP contribution in [0.1, 0.15) is 5.56 Å². The Morgan fingerprint density at radius 1 is 0.967 bits per heavy atom. The molecule has 0 spiro atoms. The van der Waals surface area contributed by atoms with Gasteiger partial charge in [0.25, 0.3) is 0 Å². The molecule has 7 heteroatoms. The maximum atomic E-state index is 12.9. The van der Waals surface area contributed by atoms with Crippen LogP contribution in [-0.4, -0.2) is 14.7 Å². The Hall–Kier alpha value is -3.58. The molecule has 0 fully saturated rings. The van der Waals surface area contributed by atoms with Gasteiger partial charge in [-0.3, -0.25) is 9.52 Å². The summed E-state index contributed by atoms with van der Waals surface area (Å²) in [6.45, 7) is 0.419. The number of benzene rings is 3. The van der Waals surface area contributed by atoms with Crippen molar-refractivity contribution in [3.8, 4) is 16.9 Å². The molecule has 6 nitrogen and oxygen atoms in total. The monoisotopic (exact) mass is 421 g/mol. The molecule has 0 bridgehead atoms. The van der Waals surface area contributed by atoms with E-state index in [9.17, 15) is 13.2 Å². The molecule has 0 radical (unpaired) electrons. The van der Waals surface area contributed by atoms with Crippen molar-refractivity contribution in [2.45, 2.75) is 6.61 Å². The van der Waals surface area contributed by atoms with Gasteiger partial charge in [0.2, 0.25) is 10.0 Å². The fraction of sp³-hybridized carbons (Fsp3) is 0.0870. The first-order chi connectivity index (χ1) is 14.4. The lowest BCUT2D eigenvalue weighted by Crippen LogP contribution is -2.09. The molecule has 4 aromatic rings. The van der Waals surface area contributed by atoms with Gasteiger partial charge in [-0.15, -0.1) is 0 Å². The Bertz CT molecular complexity index is 1340. The topological polar surface area (TPSA) is 85.6 Å². The highest BCUT2D eigenvalue weighted by molar-refractivity contribution is 7.92. The number of sulfonamides is 1. The average Bonchev–Trinajstić information content (AvgIpc) is 2.73. The molecule has 0 aliphatic carbocycles. The molecular weight excluding hydrogens is 402 g/mol. The van der Waals surface area contributed by atoms with E-state index >= 15 is 0 Å². The molecule has 1 aromatic heterocycles. The summed E-state index contributed by atoms with van der Waals surface area (Å²) >= 11 is 0. The van der Waals surface area contributed by atoms with E-state index in [0.717, 1.165) is 11.8 Å². The predicted octanol–water partition coefficient (Wildman–Crippen LogP) is 4.41. The second-order valence-electron chi connectivity index (χ2n) is 6.86. The first-order valence-electron chi connectivity index (χ1n) is 9.19. The fourth-order valence-electron chi connectivity index (χ4n) is 3.07. The molecule has 0 aliphatic heterocycles. The summed E-state index contributed by atoms with van der Waals surface area (Å²) in [5.41, 5.74) is 2.76. The van der Waals surface area contributed by atoms with Gasteiger partial charge in [-0.25, -0.2) is 8.42 Å². The van der Waals surface area contributed by atoms with Gasteiger partial charge < -0.3 is 9.15 Å². The minimum absolute atomic E-state index is 0.172. The molecule has 0 atom stereocenters. The molecule has 4 rings (SSSR count). The lowest BCUT2D eigenvalue weighted by atomic mass is 10.1. The highest BCUT2D eigenvalue weighted by Gasteiger charge is 2.11. The molecule has 0 saturated carbocycles. The van der Waals surface area contributed by atoms with Crippen molar-refractivity contribution < 1.29 is 17.6 Å². The normalized spacial score (nSPS) is 11.4. The summed E-state index contributed by atoms with van der Waals surface area (Å²) in [5, 5.41) is 0.442. The molecule has 0 unspecified atom stereocenters. The van der Waals surface area contributed by atoms with Crippen LogP contribution in [0.4, 0.5) is 5.69 Å². The number of nitrogens with one attached hydrogen (secondary N) is 1. The number of hydrogen-bond donors (Lipinski definition) is 1. The van der Waals surface area contributed by atoms with Crippen molar-refractivity contribution in [2.75, 3.05) is 11.0 Å². The minimum Gasteiger partial charge on any atom is -0.489 e. The summed E-state index contributed by atoms with van der Waals surface area (Å²) < 4.78 is 36.5. The van der Waals surface area contributed by atoms with Gasteiger partial charge >= 0.3 is 0 Å². The third-order valence-corrected chi connectivity index (χ3v) is 5.10. The highest BCUT2D eigenvalue weighted by atomic mass is 32.2. The third kappa shape index (κ3) is 4.52. The molecule has 0 aliphatic rings. The smallest absolute Gasteiger partial charge is 0.229 e. The lowest BCUT2D eigenvalue weighted by Gasteiger charge is -2.08. The van der Waals surface area contributed by atoms with E-state index in [-0.39, 0.29) is 5.43 Å². The van der Waals surface area contributed by atoms with Crippen LogP contribution in [-0.2, 0) is 16.6 Å². The van der Waals surface area contributed by atoms with Crippen LogP contribution in [0.25, 0.3) is 22.1 Å². The summed E-state index contributed by atoms with van der Waals surface area (Å²) in [4.78, 5) is 12.9. The first kappa shape index (κ1) is 19.7. The second kappa shape index (κ2) is 8.04. The van der Waals surface area contributed by atoms with Crippen LogP contribution in [0.5, 0.6) is 5.75 Å². The van der Waals surface area contributed by atoms with Gasteiger partial charge in [-0.05, 0) is 35.4 Å². The number of hydrogen-bond acceptors (Lipinski definition) is 5. The van der Waals surface area contributed by atoms with Gasteiger partial charge in [0.1, 0.15) is 24.2 Å². The van der Waals surface area contributed by atoms with Gasteiger partial charge in [0, 0.05) is 11.8 Å². The number of anilines is 1. The largest absolute Gasteiger partial charge is 0.489 e. The average molecular weight is 421 g/mol. The standard InChI is InChI=1S/C23H19NO5S/c1-30(26,27)24-18-9-7-17(8-10-18)21-15-29-22-13-19(11-12-20(22)23(21)25)28-14-16-5-3-2-4-6-16/h2-13,15,24H,14H2,1H3. The lowest BCUT2D eigenvalue weighted by molar-refractivity contribution is 0.306. The summed E-state index contributed by atoms with van der Waals surface area (Å²) in [6.07, 6.45) is 2.49. The van der Waals surface area contributed by atoms with Crippen molar-refractivity contribution in [1.29, 1.82) is 0 Å². The van der Waals surface area contributed by atoms with Crippen LogP contribution in [0, 0.1) is 0 Å². The van der Waals surface area contributed by atoms with Crippen molar-refractivity contribution in [3.05, 3.63) is 94.8 Å². The van der Waals surface area contributed by atoms with Gasteiger partial charge in [-0.2, -0.15) is 0 Å². The molecule has 1 heterocycles. The quantitative estimate of drug-likeness (QED) is 0.498. The van der Waals surface area contributed by atoms with E-state index in [1.165, 1.54) is 6.26 Å². The zero-order chi connectivity index (χ0) is 21.1. The molecule has 3 aromatic carbocycles. The number of rotatable bonds is 6. The number of ether oxygens (including phenoxy) is 1. The van der Waals surface area contributed by atoms with E-state index in [0.29, 0.717) is 40.1 Å². The second-order valence-corrected chi connectivity index (χ2v) is 8.61. The highest BCUT2D eigenvalue weighted by Crippen LogP contribution is 2.24. The van der Waals surface area contributed by atoms with Crippen LogP contribution >= 0.6 is 0 Å². The zero-order valence-electron chi connectivity index (χ0n) is 16.2. The van der Waals surface area contributed by atoms with Crippen LogP contribution in [0.3, 0.4) is 0 Å². The molecule has 0 saturated heterocycles. The Kier molecular flexibility index (Phi) is 5.29. The van der Waals surface area contributed by atoms with E-state index in [2.05, 4.69) is 4.72 Å². The first-order valence-corrected chi connectivity index (χ1v) is 11.1. The Morgan fingerprint density at radius 2 is 1.70 bits per heavy atom. The molecule has 30 heavy (non-hydrogen) atoms. The summed E-state index contributed by atoms with van der Waals surface area (Å²) in [7, 11) is -3.36. The summed E-state index contributed by atoms with van der Waals surface area (Å²) in [6, 6.07) is 21.5. The van der Waals surface area contributed by atoms with Crippen LogP contribution < -0.4 is 14.9 Å². The van der Waals surface area contributed by atoms with E-state index in [1.807, 2.05) is 30.3 Å². The third-order valence-electron chi connectivity index (χ3n) is 4.49. The van der Waals surface area contributed by atoms with Crippen LogP contribution in [0.2, 0.25) is 0 Å². The Balaban J connectivity index is 1.59. The van der Waals surface area contributed by atoms with Crippen LogP contribution in [0.15, 0.2) is 88.3 Å². The van der Waals surface area contributed by atoms with E-state index in [4.69, 9.17) is 9.15 Å². The molecule has 152 valence electrons. The zero-order valence-corrected chi connectivity index (χ0v) is 17.0. The van der Waals surface area contributed by atoms with Gasteiger partial charge in [0.15, 0.2) is 5.43 Å². The van der Waals surface area contributed by atoms with Crippen molar-refractivity contribution in [1.82, 2.24) is 0 Å². The molecular formula is C23H19NO5S. The molecule has 1 N–H and O–H groups in total. The fourth-order valence-corrected chi connectivity index (χ4v) is 3.63. The maximum absolute atomic E-state index is 12.9. The summed E-state index contributed by atoms with van der Waals surface area (Å²) in [5.74, 6) is 0.610. The Morgan fingerprint density at radius 3 is 2.40 bits per heavy atom. The molecule has 0 amide bonds. The predicted molar refractivity (Wildman–Crippen MR) is 117 cm³/mol. The minimum atomic E-state index is -3.36. The van der Waals surface area contributed by atoms with E-state index in [1.54, 1.807) is 42.5 Å². The Labute approximate surface area is 173 Å². The maximum Gasteiger partial charge on any atom is 0.229 e. The van der Waals surface area contributed by atoms with Gasteiger partial charge in [0.05, 0.1) is 17.2 Å². The van der Waals surface area contributed by atoms with Crippen molar-refractivity contribution in [2.24, 2.45) is 0 Å². The van der Waals surface area contributed by atoms with Crippen molar-refractivity contribution in [3.63, 3.8) is 0 Å². The van der Waals surface area contributed by atoms with E-state index < -0.39 is 10.0 Å². The number of fused-ring (bicyclic) bond motifs is 1.